The fraction of sp³-hybridized carbons (Fsp3) is 0.333. The highest BCUT2D eigenvalue weighted by Crippen LogP contribution is 2.20. The van der Waals surface area contributed by atoms with Crippen LogP contribution in [0.3, 0.4) is 0 Å². The molecule has 0 saturated carbocycles. The number of hydrogen-bond acceptors (Lipinski definition) is 4. The van der Waals surface area contributed by atoms with Gasteiger partial charge < -0.3 is 15.6 Å². The van der Waals surface area contributed by atoms with Crippen molar-refractivity contribution in [3.8, 4) is 0 Å². The summed E-state index contributed by atoms with van der Waals surface area (Å²) in [6.45, 7) is 1.85. The predicted molar refractivity (Wildman–Crippen MR) is 66.0 cm³/mol. The van der Waals surface area contributed by atoms with Crippen molar-refractivity contribution in [2.24, 2.45) is 5.73 Å². The number of ether oxygens (including phenoxy) is 1. The van der Waals surface area contributed by atoms with Crippen LogP contribution >= 0.6 is 0 Å². The molecular formula is C12H16N2O4. The van der Waals surface area contributed by atoms with E-state index >= 15 is 0 Å². The first-order chi connectivity index (χ1) is 8.47. The van der Waals surface area contributed by atoms with Gasteiger partial charge in [-0.3, -0.25) is 4.90 Å². The van der Waals surface area contributed by atoms with Crippen LogP contribution in [0.1, 0.15) is 18.6 Å². The summed E-state index contributed by atoms with van der Waals surface area (Å²) in [6, 6.07) is 5.71. The molecular weight excluding hydrogens is 236 g/mol. The van der Waals surface area contributed by atoms with Crippen LogP contribution in [-0.2, 0) is 9.53 Å². The minimum absolute atomic E-state index is 0.191. The van der Waals surface area contributed by atoms with Crippen LogP contribution in [0.5, 0.6) is 0 Å². The van der Waals surface area contributed by atoms with Crippen molar-refractivity contribution in [3.05, 3.63) is 29.8 Å². The first kappa shape index (κ1) is 14.0. The maximum atomic E-state index is 11.4. The molecule has 0 heterocycles. The SMILES string of the molecule is CCOC(=O)C(O)c1cccc(N(C)C(N)=O)c1. The summed E-state index contributed by atoms with van der Waals surface area (Å²) in [7, 11) is 1.50. The Bertz CT molecular complexity index is 447. The highest BCUT2D eigenvalue weighted by molar-refractivity contribution is 5.90. The number of amides is 2. The highest BCUT2D eigenvalue weighted by atomic mass is 16.5. The van der Waals surface area contributed by atoms with Crippen LogP contribution in [-0.4, -0.2) is 30.8 Å². The predicted octanol–water partition coefficient (Wildman–Crippen LogP) is 0.798. The van der Waals surface area contributed by atoms with Crippen LogP contribution in [0.4, 0.5) is 10.5 Å². The van der Waals surface area contributed by atoms with Crippen molar-refractivity contribution in [2.45, 2.75) is 13.0 Å². The third kappa shape index (κ3) is 3.21. The van der Waals surface area contributed by atoms with Gasteiger partial charge >= 0.3 is 12.0 Å². The molecule has 1 aromatic rings. The van der Waals surface area contributed by atoms with Gasteiger partial charge in [-0.15, -0.1) is 0 Å². The molecule has 0 aliphatic heterocycles. The molecule has 0 aliphatic carbocycles. The van der Waals surface area contributed by atoms with Crippen molar-refractivity contribution < 1.29 is 19.4 Å². The Labute approximate surface area is 105 Å². The van der Waals surface area contributed by atoms with Crippen molar-refractivity contribution in [2.75, 3.05) is 18.6 Å². The van der Waals surface area contributed by atoms with Gasteiger partial charge in [0, 0.05) is 12.7 Å². The summed E-state index contributed by atoms with van der Waals surface area (Å²) < 4.78 is 4.71. The second-order valence-corrected chi connectivity index (χ2v) is 3.65. The van der Waals surface area contributed by atoms with Gasteiger partial charge in [-0.05, 0) is 24.6 Å². The van der Waals surface area contributed by atoms with Gasteiger partial charge in [0.15, 0.2) is 6.10 Å². The highest BCUT2D eigenvalue weighted by Gasteiger charge is 2.19. The minimum atomic E-state index is -1.37. The van der Waals surface area contributed by atoms with Crippen LogP contribution < -0.4 is 10.6 Å². The molecule has 0 fully saturated rings. The van der Waals surface area contributed by atoms with Crippen LogP contribution in [0.15, 0.2) is 24.3 Å². The lowest BCUT2D eigenvalue weighted by molar-refractivity contribution is -0.153. The number of anilines is 1. The van der Waals surface area contributed by atoms with Gasteiger partial charge in [0.05, 0.1) is 6.61 Å². The first-order valence-electron chi connectivity index (χ1n) is 5.45. The minimum Gasteiger partial charge on any atom is -0.464 e. The van der Waals surface area contributed by atoms with E-state index in [1.54, 1.807) is 25.1 Å². The Morgan fingerprint density at radius 1 is 1.50 bits per heavy atom. The molecule has 0 aromatic heterocycles. The van der Waals surface area contributed by atoms with E-state index in [0.717, 1.165) is 0 Å². The summed E-state index contributed by atoms with van der Waals surface area (Å²) in [4.78, 5) is 23.6. The van der Waals surface area contributed by atoms with E-state index < -0.39 is 18.1 Å². The van der Waals surface area contributed by atoms with E-state index in [2.05, 4.69) is 0 Å². The molecule has 1 aromatic carbocycles. The number of carbonyl (C=O) groups is 2. The van der Waals surface area contributed by atoms with Gasteiger partial charge in [-0.1, -0.05) is 12.1 Å². The summed E-state index contributed by atoms with van der Waals surface area (Å²) in [5.41, 5.74) is 5.97. The Balaban J connectivity index is 2.94. The maximum absolute atomic E-state index is 11.4. The van der Waals surface area contributed by atoms with Crippen LogP contribution in [0.25, 0.3) is 0 Å². The smallest absolute Gasteiger partial charge is 0.339 e. The Morgan fingerprint density at radius 3 is 2.72 bits per heavy atom. The monoisotopic (exact) mass is 252 g/mol. The second-order valence-electron chi connectivity index (χ2n) is 3.65. The van der Waals surface area contributed by atoms with E-state index in [0.29, 0.717) is 11.3 Å². The van der Waals surface area contributed by atoms with E-state index in [4.69, 9.17) is 10.5 Å². The molecule has 0 radical (unpaired) electrons. The van der Waals surface area contributed by atoms with Crippen molar-refractivity contribution in [1.82, 2.24) is 0 Å². The number of nitrogens with two attached hydrogens (primary N) is 1. The largest absolute Gasteiger partial charge is 0.464 e. The summed E-state index contributed by atoms with van der Waals surface area (Å²) in [5, 5.41) is 9.76. The van der Waals surface area contributed by atoms with Crippen molar-refractivity contribution >= 4 is 17.7 Å². The van der Waals surface area contributed by atoms with E-state index in [1.807, 2.05) is 0 Å². The molecule has 1 rings (SSSR count). The van der Waals surface area contributed by atoms with Gasteiger partial charge in [0.2, 0.25) is 0 Å². The van der Waals surface area contributed by atoms with E-state index in [1.165, 1.54) is 18.0 Å². The van der Waals surface area contributed by atoms with Crippen LogP contribution in [0.2, 0.25) is 0 Å². The molecule has 6 heteroatoms. The third-order valence-electron chi connectivity index (χ3n) is 2.41. The van der Waals surface area contributed by atoms with Gasteiger partial charge in [-0.25, -0.2) is 9.59 Å². The molecule has 1 atom stereocenters. The molecule has 0 aliphatic rings. The topological polar surface area (TPSA) is 92.9 Å². The molecule has 0 saturated heterocycles. The Morgan fingerprint density at radius 2 is 2.17 bits per heavy atom. The number of aliphatic hydroxyl groups is 1. The number of benzene rings is 1. The van der Waals surface area contributed by atoms with Crippen molar-refractivity contribution in [1.29, 1.82) is 0 Å². The Kier molecular flexibility index (Phi) is 4.67. The van der Waals surface area contributed by atoms with Gasteiger partial charge in [0.1, 0.15) is 0 Å². The zero-order valence-corrected chi connectivity index (χ0v) is 10.3. The average Bonchev–Trinajstić information content (AvgIpc) is 2.37. The fourth-order valence-corrected chi connectivity index (χ4v) is 1.39. The lowest BCUT2D eigenvalue weighted by Gasteiger charge is -2.16. The summed E-state index contributed by atoms with van der Waals surface area (Å²) in [6.07, 6.45) is -1.37. The molecule has 18 heavy (non-hydrogen) atoms. The lowest BCUT2D eigenvalue weighted by atomic mass is 10.1. The zero-order chi connectivity index (χ0) is 13.7. The number of carbonyl (C=O) groups excluding carboxylic acids is 2. The third-order valence-corrected chi connectivity index (χ3v) is 2.41. The number of rotatable bonds is 4. The Hall–Kier alpha value is -2.08. The van der Waals surface area contributed by atoms with E-state index in [-0.39, 0.29) is 6.61 Å². The molecule has 3 N–H and O–H groups in total. The molecule has 98 valence electrons. The van der Waals surface area contributed by atoms with Crippen molar-refractivity contribution in [3.63, 3.8) is 0 Å². The lowest BCUT2D eigenvalue weighted by Crippen LogP contribution is -2.31. The maximum Gasteiger partial charge on any atom is 0.339 e. The number of primary amides is 1. The quantitative estimate of drug-likeness (QED) is 0.775. The summed E-state index contributed by atoms with van der Waals surface area (Å²) in [5.74, 6) is -0.726. The standard InChI is InChI=1S/C12H16N2O4/c1-3-18-11(16)10(15)8-5-4-6-9(7-8)14(2)12(13)17/h4-7,10,15H,3H2,1-2H3,(H2,13,17). The van der Waals surface area contributed by atoms with E-state index in [9.17, 15) is 14.7 Å². The first-order valence-corrected chi connectivity index (χ1v) is 5.45. The average molecular weight is 252 g/mol. The van der Waals surface area contributed by atoms with Gasteiger partial charge in [0.25, 0.3) is 0 Å². The molecule has 0 spiro atoms. The molecule has 0 bridgehead atoms. The molecule has 1 unspecified atom stereocenters. The normalized spacial score (nSPS) is 11.7. The van der Waals surface area contributed by atoms with Crippen LogP contribution in [0, 0.1) is 0 Å². The number of hydrogen-bond donors (Lipinski definition) is 2. The molecule has 6 nitrogen and oxygen atoms in total. The number of nitrogens with zero attached hydrogens (tertiary/aromatic N) is 1. The zero-order valence-electron chi connectivity index (χ0n) is 10.3. The number of aliphatic hydroxyl groups excluding tert-OH is 1. The number of urea groups is 1. The number of esters is 1. The molecule has 2 amide bonds. The fourth-order valence-electron chi connectivity index (χ4n) is 1.39. The van der Waals surface area contributed by atoms with Gasteiger partial charge in [-0.2, -0.15) is 0 Å². The summed E-state index contributed by atoms with van der Waals surface area (Å²) >= 11 is 0. The second kappa shape index (κ2) is 6.02.